The molecule has 0 aromatic rings. The molecule has 0 aromatic carbocycles. The van der Waals surface area contributed by atoms with Gasteiger partial charge in [-0.15, -0.1) is 0 Å². The van der Waals surface area contributed by atoms with E-state index in [4.69, 9.17) is 0 Å². The van der Waals surface area contributed by atoms with Crippen molar-refractivity contribution in [1.29, 1.82) is 0 Å². The van der Waals surface area contributed by atoms with Gasteiger partial charge in [0.1, 0.15) is 0 Å². The van der Waals surface area contributed by atoms with Gasteiger partial charge >= 0.3 is 151 Å². The van der Waals surface area contributed by atoms with Gasteiger partial charge in [0.25, 0.3) is 0 Å². The van der Waals surface area contributed by atoms with Crippen molar-refractivity contribution in [2.45, 2.75) is 122 Å². The van der Waals surface area contributed by atoms with Crippen molar-refractivity contribution in [2.75, 3.05) is 0 Å². The second-order valence-electron chi connectivity index (χ2n) is 8.24. The Labute approximate surface area is 150 Å². The van der Waals surface area contributed by atoms with Gasteiger partial charge in [-0.25, -0.2) is 0 Å². The summed E-state index contributed by atoms with van der Waals surface area (Å²) >= 11 is -2.03. The predicted molar refractivity (Wildman–Crippen MR) is 107 cm³/mol. The number of aliphatic hydroxyl groups is 1. The summed E-state index contributed by atoms with van der Waals surface area (Å²) in [7, 11) is 0. The van der Waals surface area contributed by atoms with E-state index < -0.39 is 18.4 Å². The van der Waals surface area contributed by atoms with E-state index in [0.29, 0.717) is 5.92 Å². The zero-order valence-electron chi connectivity index (χ0n) is 16.6. The fourth-order valence-electron chi connectivity index (χ4n) is 4.68. The molecule has 1 saturated carbocycles. The Morgan fingerprint density at radius 2 is 1.26 bits per heavy atom. The number of unbranched alkanes of at least 4 members (excludes halogenated alkanes) is 5. The monoisotopic (exact) mass is 432 g/mol. The van der Waals surface area contributed by atoms with Crippen molar-refractivity contribution in [3.8, 4) is 0 Å². The molecule has 1 fully saturated rings. The molecule has 1 N–H and O–H groups in total. The SMILES string of the molecule is CCCCC[C@@H](O)[C@@H]1C[C@H]1[Sn]([CH2]CCC)([CH2]CCC)[CH2]CCC. The van der Waals surface area contributed by atoms with Crippen molar-refractivity contribution in [2.24, 2.45) is 5.92 Å². The van der Waals surface area contributed by atoms with Crippen LogP contribution < -0.4 is 0 Å². The molecule has 0 saturated heterocycles. The molecule has 0 unspecified atom stereocenters. The summed E-state index contributed by atoms with van der Waals surface area (Å²) in [5.74, 6) is 0.716. The van der Waals surface area contributed by atoms with Crippen LogP contribution >= 0.6 is 0 Å². The summed E-state index contributed by atoms with van der Waals surface area (Å²) in [4.78, 5) is 0. The first-order valence-electron chi connectivity index (χ1n) is 10.8. The van der Waals surface area contributed by atoms with E-state index in [0.717, 1.165) is 10.4 Å². The quantitative estimate of drug-likeness (QED) is 0.215. The molecule has 1 rings (SSSR count). The molecule has 1 aliphatic rings. The van der Waals surface area contributed by atoms with E-state index in [1.165, 1.54) is 64.2 Å². The summed E-state index contributed by atoms with van der Waals surface area (Å²) in [5.41, 5.74) is 0. The summed E-state index contributed by atoms with van der Waals surface area (Å²) in [6.07, 6.45) is 14.8. The first-order chi connectivity index (χ1) is 11.1. The molecule has 1 aliphatic carbocycles. The molecule has 0 spiro atoms. The van der Waals surface area contributed by atoms with Crippen LogP contribution in [0.15, 0.2) is 0 Å². The van der Waals surface area contributed by atoms with Crippen LogP contribution in [0, 0.1) is 5.92 Å². The van der Waals surface area contributed by atoms with E-state index >= 15 is 0 Å². The molecular weight excluding hydrogens is 387 g/mol. The van der Waals surface area contributed by atoms with Crippen LogP contribution in [-0.2, 0) is 0 Å². The van der Waals surface area contributed by atoms with Crippen molar-refractivity contribution in [3.05, 3.63) is 0 Å². The van der Waals surface area contributed by atoms with Crippen LogP contribution in [0.1, 0.15) is 98.3 Å². The van der Waals surface area contributed by atoms with Gasteiger partial charge in [-0.3, -0.25) is 0 Å². The summed E-state index contributed by atoms with van der Waals surface area (Å²) in [5, 5.41) is 10.7. The van der Waals surface area contributed by atoms with Crippen LogP contribution in [0.2, 0.25) is 17.2 Å². The van der Waals surface area contributed by atoms with E-state index in [-0.39, 0.29) is 6.10 Å². The predicted octanol–water partition coefficient (Wildman–Crippen LogP) is 7.17. The molecule has 0 heterocycles. The molecule has 0 aliphatic heterocycles. The number of hydrogen-bond donors (Lipinski definition) is 1. The molecular formula is C21H44OSn. The van der Waals surface area contributed by atoms with E-state index in [9.17, 15) is 5.11 Å². The van der Waals surface area contributed by atoms with Gasteiger partial charge in [0.05, 0.1) is 0 Å². The van der Waals surface area contributed by atoms with Crippen LogP contribution in [0.25, 0.3) is 0 Å². The third-order valence-electron chi connectivity index (χ3n) is 6.31. The number of rotatable bonds is 15. The zero-order chi connectivity index (χ0) is 17.1. The molecule has 0 bridgehead atoms. The molecule has 1 nitrogen and oxygen atoms in total. The van der Waals surface area contributed by atoms with Crippen LogP contribution in [-0.4, -0.2) is 29.6 Å². The molecule has 138 valence electrons. The van der Waals surface area contributed by atoms with Crippen molar-refractivity contribution >= 4 is 18.4 Å². The second kappa shape index (κ2) is 12.2. The van der Waals surface area contributed by atoms with Gasteiger partial charge in [0.2, 0.25) is 0 Å². The number of hydrogen-bond acceptors (Lipinski definition) is 1. The molecule has 23 heavy (non-hydrogen) atoms. The van der Waals surface area contributed by atoms with Crippen molar-refractivity contribution < 1.29 is 5.11 Å². The van der Waals surface area contributed by atoms with Gasteiger partial charge in [-0.1, -0.05) is 0 Å². The average Bonchev–Trinajstić information content (AvgIpc) is 3.36. The molecule has 0 amide bonds. The van der Waals surface area contributed by atoms with E-state index in [2.05, 4.69) is 27.7 Å². The fourth-order valence-corrected chi connectivity index (χ4v) is 24.5. The van der Waals surface area contributed by atoms with Crippen LogP contribution in [0.3, 0.4) is 0 Å². The minimum absolute atomic E-state index is 0.0347. The van der Waals surface area contributed by atoms with Crippen LogP contribution in [0.5, 0.6) is 0 Å². The zero-order valence-corrected chi connectivity index (χ0v) is 19.4. The summed E-state index contributed by atoms with van der Waals surface area (Å²) in [6, 6.07) is 0. The first-order valence-corrected chi connectivity index (χ1v) is 18.5. The van der Waals surface area contributed by atoms with Gasteiger partial charge in [-0.05, 0) is 0 Å². The fraction of sp³-hybridized carbons (Fsp3) is 1.00. The summed E-state index contributed by atoms with van der Waals surface area (Å²) < 4.78 is 5.89. The average molecular weight is 431 g/mol. The van der Waals surface area contributed by atoms with Crippen LogP contribution in [0.4, 0.5) is 0 Å². The minimum atomic E-state index is -2.03. The maximum absolute atomic E-state index is 10.7. The Morgan fingerprint density at radius 1 is 0.783 bits per heavy atom. The molecule has 2 heteroatoms. The standard InChI is InChI=1S/C9H17O.3C4H9.Sn/c1-2-3-4-5-9(10)8-6-7-8;3*1-3-4-2;/h6,8-10H,2-5,7H2,1H3;3*1,3-4H2,2H3;/t8-,9+;;;;/m0..../s1. The molecule has 3 atom stereocenters. The number of aliphatic hydroxyl groups excluding tert-OH is 1. The van der Waals surface area contributed by atoms with E-state index in [1.807, 2.05) is 0 Å². The van der Waals surface area contributed by atoms with Gasteiger partial charge in [-0.2, -0.15) is 0 Å². The maximum atomic E-state index is 10.7. The van der Waals surface area contributed by atoms with E-state index in [1.54, 1.807) is 13.3 Å². The Bertz CT molecular complexity index is 270. The second-order valence-corrected chi connectivity index (χ2v) is 22.4. The van der Waals surface area contributed by atoms with Crippen molar-refractivity contribution in [1.82, 2.24) is 0 Å². The normalized spacial score (nSPS) is 22.3. The molecule has 0 radical (unpaired) electrons. The Morgan fingerprint density at radius 3 is 1.70 bits per heavy atom. The Balaban J connectivity index is 2.66. The molecule has 0 aromatic heterocycles. The van der Waals surface area contributed by atoms with Gasteiger partial charge in [0, 0.05) is 0 Å². The Hall–Kier alpha value is 0.759. The topological polar surface area (TPSA) is 20.2 Å². The third-order valence-corrected chi connectivity index (χ3v) is 24.2. The van der Waals surface area contributed by atoms with Crippen molar-refractivity contribution in [3.63, 3.8) is 0 Å². The first kappa shape index (κ1) is 21.8. The van der Waals surface area contributed by atoms with Gasteiger partial charge < -0.3 is 0 Å². The van der Waals surface area contributed by atoms with Gasteiger partial charge in [0.15, 0.2) is 0 Å². The third kappa shape index (κ3) is 7.26. The summed E-state index contributed by atoms with van der Waals surface area (Å²) in [6.45, 7) is 9.34. The Kier molecular flexibility index (Phi) is 11.5.